The van der Waals surface area contributed by atoms with Crippen molar-refractivity contribution in [2.45, 2.75) is 26.3 Å². The average Bonchev–Trinajstić information content (AvgIpc) is 2.72. The van der Waals surface area contributed by atoms with Gasteiger partial charge in [0.1, 0.15) is 17.1 Å². The fourth-order valence-corrected chi connectivity index (χ4v) is 3.87. The normalized spacial score (nSPS) is 12.4. The van der Waals surface area contributed by atoms with Gasteiger partial charge in [0.25, 0.3) is 0 Å². The number of carboxylic acid groups (broad SMARTS) is 1. The molecule has 2 N–H and O–H groups in total. The molecule has 164 valence electrons. The van der Waals surface area contributed by atoms with Crippen molar-refractivity contribution in [1.29, 1.82) is 0 Å². The minimum Gasteiger partial charge on any atom is -0.496 e. The fourth-order valence-electron chi connectivity index (χ4n) is 3.67. The van der Waals surface area contributed by atoms with Crippen LogP contribution in [0.3, 0.4) is 0 Å². The molecular weight excluding hydrogens is 425 g/mol. The molecule has 0 saturated heterocycles. The summed E-state index contributed by atoms with van der Waals surface area (Å²) < 4.78 is 20.6. The number of methoxy groups -OCH3 is 1. The molecule has 31 heavy (non-hydrogen) atoms. The predicted octanol–water partition coefficient (Wildman–Crippen LogP) is 4.28. The van der Waals surface area contributed by atoms with Crippen LogP contribution in [0.1, 0.15) is 41.4 Å². The third kappa shape index (κ3) is 4.43. The number of benzene rings is 2. The zero-order valence-corrected chi connectivity index (χ0v) is 18.1. The molecule has 2 aromatic carbocycles. The molecule has 0 aliphatic rings. The summed E-state index contributed by atoms with van der Waals surface area (Å²) >= 11 is 5.88. The van der Waals surface area contributed by atoms with E-state index in [-0.39, 0.29) is 28.5 Å². The van der Waals surface area contributed by atoms with Crippen LogP contribution in [-0.2, 0) is 6.42 Å². The van der Waals surface area contributed by atoms with Gasteiger partial charge < -0.3 is 19.5 Å². The summed E-state index contributed by atoms with van der Waals surface area (Å²) in [6.45, 7) is 3.57. The Labute approximate surface area is 183 Å². The molecule has 0 aliphatic carbocycles. The second-order valence-electron chi connectivity index (χ2n) is 7.68. The van der Waals surface area contributed by atoms with Gasteiger partial charge in [-0.25, -0.2) is 9.18 Å². The highest BCUT2D eigenvalue weighted by atomic mass is 35.5. The first kappa shape index (κ1) is 22.8. The van der Waals surface area contributed by atoms with Crippen LogP contribution >= 0.6 is 11.6 Å². The number of rotatable bonds is 7. The van der Waals surface area contributed by atoms with Gasteiger partial charge in [0.05, 0.1) is 30.3 Å². The van der Waals surface area contributed by atoms with E-state index in [4.69, 9.17) is 16.3 Å². The Hall–Kier alpha value is -2.90. The molecule has 0 aliphatic heterocycles. The Kier molecular flexibility index (Phi) is 6.67. The second kappa shape index (κ2) is 9.08. The number of halogens is 2. The van der Waals surface area contributed by atoms with Crippen LogP contribution in [0.2, 0.25) is 5.02 Å². The fraction of sp³-hybridized carbons (Fsp3) is 0.304. The zero-order valence-electron chi connectivity index (χ0n) is 17.4. The Morgan fingerprint density at radius 2 is 1.97 bits per heavy atom. The van der Waals surface area contributed by atoms with Crippen molar-refractivity contribution < 1.29 is 24.1 Å². The van der Waals surface area contributed by atoms with E-state index in [0.717, 1.165) is 0 Å². The first-order valence-electron chi connectivity index (χ1n) is 9.71. The number of aromatic carboxylic acids is 1. The summed E-state index contributed by atoms with van der Waals surface area (Å²) in [4.78, 5) is 24.7. The van der Waals surface area contributed by atoms with Crippen LogP contribution in [0.15, 0.2) is 41.3 Å². The second-order valence-corrected chi connectivity index (χ2v) is 8.09. The number of hydrogen-bond donors (Lipinski definition) is 2. The van der Waals surface area contributed by atoms with Gasteiger partial charge in [-0.1, -0.05) is 31.5 Å². The van der Waals surface area contributed by atoms with E-state index >= 15 is 0 Å². The van der Waals surface area contributed by atoms with Crippen LogP contribution in [-0.4, -0.2) is 34.5 Å². The Morgan fingerprint density at radius 3 is 2.52 bits per heavy atom. The molecule has 3 aromatic rings. The number of aromatic nitrogens is 1. The highest BCUT2D eigenvalue weighted by molar-refractivity contribution is 6.30. The van der Waals surface area contributed by atoms with Crippen molar-refractivity contribution in [1.82, 2.24) is 4.57 Å². The van der Waals surface area contributed by atoms with E-state index in [2.05, 4.69) is 0 Å². The van der Waals surface area contributed by atoms with Gasteiger partial charge in [0, 0.05) is 24.1 Å². The van der Waals surface area contributed by atoms with E-state index in [0.29, 0.717) is 28.8 Å². The van der Waals surface area contributed by atoms with Gasteiger partial charge in [-0.2, -0.15) is 0 Å². The van der Waals surface area contributed by atoms with Gasteiger partial charge in [-0.15, -0.1) is 0 Å². The Balaban J connectivity index is 2.29. The summed E-state index contributed by atoms with van der Waals surface area (Å²) in [5.74, 6) is -1.42. The van der Waals surface area contributed by atoms with Gasteiger partial charge >= 0.3 is 5.97 Å². The number of carbonyl (C=O) groups is 1. The molecular formula is C23H23ClFNO5. The van der Waals surface area contributed by atoms with Crippen molar-refractivity contribution in [3.8, 4) is 5.75 Å². The SMILES string of the molecule is COc1cc2c(cc1Cc1ccc(F)c(Cl)c1)c(=O)c(C(=O)O)cn2[C@H](CO)C(C)C. The molecule has 1 aromatic heterocycles. The third-order valence-electron chi connectivity index (χ3n) is 5.36. The van der Waals surface area contributed by atoms with Crippen molar-refractivity contribution in [2.24, 2.45) is 5.92 Å². The molecule has 1 atom stereocenters. The summed E-state index contributed by atoms with van der Waals surface area (Å²) in [5.41, 5.74) is 0.774. The number of hydrogen-bond acceptors (Lipinski definition) is 4. The lowest BCUT2D eigenvalue weighted by atomic mass is 9.98. The monoisotopic (exact) mass is 447 g/mol. The average molecular weight is 448 g/mol. The molecule has 1 heterocycles. The smallest absolute Gasteiger partial charge is 0.341 e. The Morgan fingerprint density at radius 1 is 1.26 bits per heavy atom. The molecule has 0 fully saturated rings. The molecule has 3 rings (SSSR count). The van der Waals surface area contributed by atoms with E-state index in [1.807, 2.05) is 13.8 Å². The predicted molar refractivity (Wildman–Crippen MR) is 117 cm³/mol. The number of pyridine rings is 1. The molecule has 6 nitrogen and oxygen atoms in total. The van der Waals surface area contributed by atoms with E-state index in [9.17, 15) is 24.2 Å². The quantitative estimate of drug-likeness (QED) is 0.564. The van der Waals surface area contributed by atoms with Crippen molar-refractivity contribution >= 4 is 28.5 Å². The summed E-state index contributed by atoms with van der Waals surface area (Å²) in [6, 6.07) is 7.14. The van der Waals surface area contributed by atoms with E-state index < -0.39 is 23.3 Å². The van der Waals surface area contributed by atoms with Crippen LogP contribution in [0, 0.1) is 11.7 Å². The minimum absolute atomic E-state index is 0.0181. The third-order valence-corrected chi connectivity index (χ3v) is 5.65. The number of aliphatic hydroxyl groups is 1. The molecule has 0 saturated carbocycles. The van der Waals surface area contributed by atoms with Gasteiger partial charge in [0.15, 0.2) is 0 Å². The first-order valence-corrected chi connectivity index (χ1v) is 10.1. The molecule has 0 radical (unpaired) electrons. The number of ether oxygens (including phenoxy) is 1. The minimum atomic E-state index is -1.34. The lowest BCUT2D eigenvalue weighted by Crippen LogP contribution is -2.25. The summed E-state index contributed by atoms with van der Waals surface area (Å²) in [5, 5.41) is 19.6. The standard InChI is InChI=1S/C23H23ClFNO5/c1-12(2)20(11-27)26-10-16(23(29)30)22(28)15-8-14(21(31-3)9-19(15)26)6-13-4-5-18(25)17(24)7-13/h4-5,7-10,12,20,27H,6,11H2,1-3H3,(H,29,30)/t20-/m1/s1. The van der Waals surface area contributed by atoms with Crippen molar-refractivity contribution in [3.05, 3.63) is 74.3 Å². The lowest BCUT2D eigenvalue weighted by molar-refractivity contribution is 0.0694. The lowest BCUT2D eigenvalue weighted by Gasteiger charge is -2.25. The van der Waals surface area contributed by atoms with Crippen molar-refractivity contribution in [2.75, 3.05) is 13.7 Å². The van der Waals surface area contributed by atoms with E-state index in [1.54, 1.807) is 22.8 Å². The number of nitrogens with zero attached hydrogens (tertiary/aromatic N) is 1. The number of fused-ring (bicyclic) bond motifs is 1. The molecule has 0 bridgehead atoms. The topological polar surface area (TPSA) is 88.8 Å². The molecule has 0 amide bonds. The van der Waals surface area contributed by atoms with Crippen LogP contribution < -0.4 is 10.2 Å². The Bertz CT molecular complexity index is 1200. The largest absolute Gasteiger partial charge is 0.496 e. The summed E-state index contributed by atoms with van der Waals surface area (Å²) in [6.07, 6.45) is 1.57. The first-order chi connectivity index (χ1) is 14.7. The molecule has 8 heteroatoms. The maximum absolute atomic E-state index is 13.5. The van der Waals surface area contributed by atoms with Crippen LogP contribution in [0.5, 0.6) is 5.75 Å². The zero-order chi connectivity index (χ0) is 22.9. The van der Waals surface area contributed by atoms with Gasteiger partial charge in [-0.05, 0) is 35.2 Å². The maximum atomic E-state index is 13.5. The van der Waals surface area contributed by atoms with Crippen LogP contribution in [0.4, 0.5) is 4.39 Å². The van der Waals surface area contributed by atoms with Gasteiger partial charge in [-0.3, -0.25) is 4.79 Å². The highest BCUT2D eigenvalue weighted by Crippen LogP contribution is 2.31. The number of aliphatic hydroxyl groups excluding tert-OH is 1. The van der Waals surface area contributed by atoms with Crippen molar-refractivity contribution in [3.63, 3.8) is 0 Å². The maximum Gasteiger partial charge on any atom is 0.341 e. The molecule has 0 spiro atoms. The van der Waals surface area contributed by atoms with E-state index in [1.165, 1.54) is 25.4 Å². The summed E-state index contributed by atoms with van der Waals surface area (Å²) in [7, 11) is 1.49. The molecule has 0 unspecified atom stereocenters. The van der Waals surface area contributed by atoms with Gasteiger partial charge in [0.2, 0.25) is 5.43 Å². The highest BCUT2D eigenvalue weighted by Gasteiger charge is 2.22. The number of carboxylic acids is 1. The van der Waals surface area contributed by atoms with Crippen LogP contribution in [0.25, 0.3) is 10.9 Å².